The van der Waals surface area contributed by atoms with E-state index in [0.717, 1.165) is 54.0 Å². The Kier molecular flexibility index (Phi) is 8.03. The maximum atomic E-state index is 13.6. The lowest BCUT2D eigenvalue weighted by Crippen LogP contribution is -2.34. The van der Waals surface area contributed by atoms with Gasteiger partial charge >= 0.3 is 6.18 Å². The van der Waals surface area contributed by atoms with Crippen molar-refractivity contribution in [2.24, 2.45) is 0 Å². The molecule has 1 aliphatic heterocycles. The highest BCUT2D eigenvalue weighted by Crippen LogP contribution is 2.39. The topological polar surface area (TPSA) is 87.0 Å². The molecule has 1 amide bonds. The number of alkyl halides is 3. The smallest absolute Gasteiger partial charge is 0.417 e. The third-order valence-corrected chi connectivity index (χ3v) is 9.15. The highest BCUT2D eigenvalue weighted by atomic mass is 32.2. The molecule has 2 aromatic carbocycles. The molecule has 0 atom stereocenters. The maximum absolute atomic E-state index is 13.6. The third kappa shape index (κ3) is 6.39. The summed E-state index contributed by atoms with van der Waals surface area (Å²) >= 11 is 0. The first kappa shape index (κ1) is 28.3. The van der Waals surface area contributed by atoms with Gasteiger partial charge in [-0.1, -0.05) is 36.4 Å². The SMILES string of the molecule is CN(Cc1ccc(CN2CCCC2)cc1)C(=O)c1coc(CN(C2CC2)S(=O)(=O)c2ccccc2C(F)(F)F)n1. The Labute approximate surface area is 231 Å². The van der Waals surface area contributed by atoms with Crippen molar-refractivity contribution >= 4 is 15.9 Å². The van der Waals surface area contributed by atoms with E-state index in [2.05, 4.69) is 22.0 Å². The van der Waals surface area contributed by atoms with Crippen LogP contribution in [0.2, 0.25) is 0 Å². The second-order valence-electron chi connectivity index (χ2n) is 10.4. The van der Waals surface area contributed by atoms with Gasteiger partial charge in [-0.3, -0.25) is 9.69 Å². The van der Waals surface area contributed by atoms with Gasteiger partial charge in [0.1, 0.15) is 6.26 Å². The fourth-order valence-electron chi connectivity index (χ4n) is 4.93. The monoisotopic (exact) mass is 576 g/mol. The molecule has 1 aliphatic carbocycles. The van der Waals surface area contributed by atoms with Gasteiger partial charge in [0.2, 0.25) is 15.9 Å². The first-order chi connectivity index (χ1) is 19.0. The van der Waals surface area contributed by atoms with Crippen LogP contribution >= 0.6 is 0 Å². The Morgan fingerprint density at radius 3 is 2.33 bits per heavy atom. The molecule has 8 nitrogen and oxygen atoms in total. The molecule has 40 heavy (non-hydrogen) atoms. The number of carbonyl (C=O) groups excluding carboxylic acids is 1. The Morgan fingerprint density at radius 1 is 1.02 bits per heavy atom. The molecular weight excluding hydrogens is 545 g/mol. The van der Waals surface area contributed by atoms with Crippen LogP contribution in [0.5, 0.6) is 0 Å². The van der Waals surface area contributed by atoms with Crippen LogP contribution in [0.3, 0.4) is 0 Å². The number of hydrogen-bond acceptors (Lipinski definition) is 6. The maximum Gasteiger partial charge on any atom is 0.417 e. The average Bonchev–Trinajstić information content (AvgIpc) is 3.41. The average molecular weight is 577 g/mol. The number of nitrogens with zero attached hydrogens (tertiary/aromatic N) is 4. The van der Waals surface area contributed by atoms with Crippen molar-refractivity contribution in [1.29, 1.82) is 0 Å². The van der Waals surface area contributed by atoms with E-state index < -0.39 is 38.6 Å². The molecule has 0 N–H and O–H groups in total. The van der Waals surface area contributed by atoms with Gasteiger partial charge in [-0.2, -0.15) is 17.5 Å². The summed E-state index contributed by atoms with van der Waals surface area (Å²) in [5, 5.41) is 0. The van der Waals surface area contributed by atoms with Crippen LogP contribution in [-0.2, 0) is 35.8 Å². The summed E-state index contributed by atoms with van der Waals surface area (Å²) in [5.41, 5.74) is 0.925. The van der Waals surface area contributed by atoms with Gasteiger partial charge in [0, 0.05) is 26.2 Å². The second-order valence-corrected chi connectivity index (χ2v) is 12.2. The number of amides is 1. The van der Waals surface area contributed by atoms with Crippen molar-refractivity contribution in [1.82, 2.24) is 19.1 Å². The van der Waals surface area contributed by atoms with Crippen LogP contribution in [0.25, 0.3) is 0 Å². The van der Waals surface area contributed by atoms with E-state index >= 15 is 0 Å². The molecule has 0 unspecified atom stereocenters. The van der Waals surface area contributed by atoms with E-state index in [4.69, 9.17) is 4.42 Å². The molecular formula is C28H31F3N4O4S. The summed E-state index contributed by atoms with van der Waals surface area (Å²) in [6, 6.07) is 11.7. The standard InChI is InChI=1S/C28H31F3N4O4S/c1-33(16-20-8-10-21(11-9-20)17-34-14-4-5-15-34)27(36)24-19-39-26(32-24)18-35(22-12-13-22)40(37,38)25-7-3-2-6-23(25)28(29,30)31/h2-3,6-11,19,22H,4-5,12-18H2,1H3. The van der Waals surface area contributed by atoms with E-state index in [1.165, 1.54) is 29.4 Å². The summed E-state index contributed by atoms with van der Waals surface area (Å²) in [6.07, 6.45) is -0.196. The second kappa shape index (κ2) is 11.3. The molecule has 0 radical (unpaired) electrons. The van der Waals surface area contributed by atoms with Crippen molar-refractivity contribution < 1.29 is 30.8 Å². The molecule has 2 fully saturated rings. The fraction of sp³-hybridized carbons (Fsp3) is 0.429. The highest BCUT2D eigenvalue weighted by Gasteiger charge is 2.43. The van der Waals surface area contributed by atoms with Crippen LogP contribution in [0.4, 0.5) is 13.2 Å². The summed E-state index contributed by atoms with van der Waals surface area (Å²) < 4.78 is 73.7. The number of sulfonamides is 1. The van der Waals surface area contributed by atoms with Gasteiger partial charge < -0.3 is 9.32 Å². The highest BCUT2D eigenvalue weighted by molar-refractivity contribution is 7.89. The zero-order valence-corrected chi connectivity index (χ0v) is 22.9. The zero-order chi connectivity index (χ0) is 28.5. The fourth-order valence-corrected chi connectivity index (χ4v) is 6.78. The van der Waals surface area contributed by atoms with Crippen LogP contribution in [0.1, 0.15) is 58.8 Å². The van der Waals surface area contributed by atoms with E-state index in [-0.39, 0.29) is 18.1 Å². The third-order valence-electron chi connectivity index (χ3n) is 7.19. The van der Waals surface area contributed by atoms with Crippen molar-refractivity contribution in [3.63, 3.8) is 0 Å². The summed E-state index contributed by atoms with van der Waals surface area (Å²) in [7, 11) is -2.89. The predicted octanol–water partition coefficient (Wildman–Crippen LogP) is 4.91. The lowest BCUT2D eigenvalue weighted by Gasteiger charge is -2.22. The number of carbonyl (C=O) groups is 1. The van der Waals surface area contributed by atoms with Gasteiger partial charge in [-0.25, -0.2) is 13.4 Å². The van der Waals surface area contributed by atoms with Gasteiger partial charge in [0.15, 0.2) is 5.69 Å². The Balaban J connectivity index is 1.25. The van der Waals surface area contributed by atoms with E-state index in [9.17, 15) is 26.4 Å². The molecule has 3 aromatic rings. The molecule has 0 bridgehead atoms. The van der Waals surface area contributed by atoms with Crippen LogP contribution in [-0.4, -0.2) is 59.6 Å². The minimum absolute atomic E-state index is 0.00742. The van der Waals surface area contributed by atoms with E-state index in [0.29, 0.717) is 19.4 Å². The number of aromatic nitrogens is 1. The molecule has 214 valence electrons. The van der Waals surface area contributed by atoms with Gasteiger partial charge in [0.25, 0.3) is 5.91 Å². The molecule has 2 heterocycles. The van der Waals surface area contributed by atoms with Gasteiger partial charge in [-0.15, -0.1) is 0 Å². The lowest BCUT2D eigenvalue weighted by molar-refractivity contribution is -0.139. The number of halogens is 3. The summed E-state index contributed by atoms with van der Waals surface area (Å²) in [4.78, 5) is 20.3. The van der Waals surface area contributed by atoms with Crippen molar-refractivity contribution in [2.45, 2.75) is 62.4 Å². The summed E-state index contributed by atoms with van der Waals surface area (Å²) in [6.45, 7) is 3.09. The number of hydrogen-bond donors (Lipinski definition) is 0. The van der Waals surface area contributed by atoms with E-state index in [1.807, 2.05) is 12.1 Å². The Hall–Kier alpha value is -3.22. The van der Waals surface area contributed by atoms with Crippen molar-refractivity contribution in [2.75, 3.05) is 20.1 Å². The van der Waals surface area contributed by atoms with Crippen LogP contribution < -0.4 is 0 Å². The minimum Gasteiger partial charge on any atom is -0.447 e. The quantitative estimate of drug-likeness (QED) is 0.341. The number of benzene rings is 2. The van der Waals surface area contributed by atoms with Crippen molar-refractivity contribution in [3.8, 4) is 0 Å². The number of likely N-dealkylation sites (tertiary alicyclic amines) is 1. The molecule has 1 saturated heterocycles. The van der Waals surface area contributed by atoms with E-state index in [1.54, 1.807) is 7.05 Å². The molecule has 2 aliphatic rings. The molecule has 0 spiro atoms. The number of oxazole rings is 1. The van der Waals surface area contributed by atoms with Crippen LogP contribution in [0, 0.1) is 0 Å². The van der Waals surface area contributed by atoms with Gasteiger partial charge in [-0.05, 0) is 62.0 Å². The lowest BCUT2D eigenvalue weighted by atomic mass is 10.1. The molecule has 12 heteroatoms. The van der Waals surface area contributed by atoms with Gasteiger partial charge in [0.05, 0.1) is 17.0 Å². The first-order valence-electron chi connectivity index (χ1n) is 13.2. The Bertz CT molecular complexity index is 1450. The van der Waals surface area contributed by atoms with Crippen molar-refractivity contribution in [3.05, 3.63) is 83.1 Å². The minimum atomic E-state index is -4.83. The predicted molar refractivity (Wildman–Crippen MR) is 140 cm³/mol. The molecule has 1 aromatic heterocycles. The Morgan fingerprint density at radius 2 is 1.68 bits per heavy atom. The molecule has 5 rings (SSSR count). The normalized spacial score (nSPS) is 16.5. The van der Waals surface area contributed by atoms with Crippen LogP contribution in [0.15, 0.2) is 64.1 Å². The largest absolute Gasteiger partial charge is 0.447 e. The zero-order valence-electron chi connectivity index (χ0n) is 22.1. The number of rotatable bonds is 10. The molecule has 1 saturated carbocycles. The summed E-state index contributed by atoms with van der Waals surface area (Å²) in [5.74, 6) is -0.484. The first-order valence-corrected chi connectivity index (χ1v) is 14.6.